The molecular formula is C16H13ClFN3O3S. The Labute approximate surface area is 148 Å². The van der Waals surface area contributed by atoms with E-state index in [-0.39, 0.29) is 16.3 Å². The number of para-hydroxylation sites is 1. The summed E-state index contributed by atoms with van der Waals surface area (Å²) in [5, 5.41) is 0.554. The second-order valence-electron chi connectivity index (χ2n) is 5.27. The number of H-pyrrole nitrogens is 1. The molecule has 0 aliphatic rings. The Kier molecular flexibility index (Phi) is 4.76. The number of benzene rings is 2. The highest BCUT2D eigenvalue weighted by molar-refractivity contribution is 7.89. The van der Waals surface area contributed by atoms with Crippen LogP contribution in [-0.2, 0) is 21.2 Å². The van der Waals surface area contributed by atoms with Gasteiger partial charge in [0.05, 0.1) is 16.3 Å². The monoisotopic (exact) mass is 381 g/mol. The Morgan fingerprint density at radius 3 is 2.72 bits per heavy atom. The molecule has 2 aromatic carbocycles. The fraction of sp³-hybridized carbons (Fsp3) is 0.0625. The zero-order valence-electron chi connectivity index (χ0n) is 12.7. The lowest BCUT2D eigenvalue weighted by molar-refractivity contribution is -0.120. The number of sulfonamides is 1. The molecule has 130 valence electrons. The molecule has 0 unspecified atom stereocenters. The third-order valence-electron chi connectivity index (χ3n) is 3.55. The Balaban J connectivity index is 1.68. The lowest BCUT2D eigenvalue weighted by Gasteiger charge is -2.09. The van der Waals surface area contributed by atoms with Crippen LogP contribution >= 0.6 is 11.6 Å². The van der Waals surface area contributed by atoms with Crippen LogP contribution in [0.1, 0.15) is 5.56 Å². The predicted molar refractivity (Wildman–Crippen MR) is 91.9 cm³/mol. The maximum absolute atomic E-state index is 13.1. The molecule has 6 nitrogen and oxygen atoms in total. The maximum Gasteiger partial charge on any atom is 0.257 e. The van der Waals surface area contributed by atoms with Crippen LogP contribution < -0.4 is 10.3 Å². The van der Waals surface area contributed by atoms with Crippen LogP contribution in [0.5, 0.6) is 0 Å². The Hall–Kier alpha value is -2.42. The van der Waals surface area contributed by atoms with Gasteiger partial charge in [0, 0.05) is 17.1 Å². The van der Waals surface area contributed by atoms with Crippen molar-refractivity contribution in [3.8, 4) is 0 Å². The standard InChI is InChI=1S/C16H13ClFN3O3S/c17-13-8-11(5-6-14(13)18)25(23,24)21-20-16(22)7-10-9-19-15-4-2-1-3-12(10)15/h1-6,8-9,19,21H,7H2,(H,20,22). The topological polar surface area (TPSA) is 91.1 Å². The van der Waals surface area contributed by atoms with Gasteiger partial charge in [-0.05, 0) is 29.8 Å². The molecule has 0 saturated heterocycles. The van der Waals surface area contributed by atoms with E-state index in [0.717, 1.165) is 34.7 Å². The molecule has 1 amide bonds. The first-order valence-electron chi connectivity index (χ1n) is 7.17. The van der Waals surface area contributed by atoms with Crippen LogP contribution in [0.3, 0.4) is 0 Å². The van der Waals surface area contributed by atoms with Crippen LogP contribution in [-0.4, -0.2) is 19.3 Å². The highest BCUT2D eigenvalue weighted by Gasteiger charge is 2.17. The molecule has 0 atom stereocenters. The number of carbonyl (C=O) groups excluding carboxylic acids is 1. The Morgan fingerprint density at radius 1 is 1.20 bits per heavy atom. The first-order valence-corrected chi connectivity index (χ1v) is 9.03. The summed E-state index contributed by atoms with van der Waals surface area (Å²) in [6, 6.07) is 10.4. The molecule has 1 aromatic heterocycles. The number of hydrogen-bond donors (Lipinski definition) is 3. The van der Waals surface area contributed by atoms with E-state index in [9.17, 15) is 17.6 Å². The molecule has 3 N–H and O–H groups in total. The van der Waals surface area contributed by atoms with Gasteiger partial charge in [-0.2, -0.15) is 0 Å². The number of halogens is 2. The van der Waals surface area contributed by atoms with Crippen molar-refractivity contribution in [2.24, 2.45) is 0 Å². The third kappa shape index (κ3) is 3.81. The number of amides is 1. The molecule has 3 aromatic rings. The summed E-state index contributed by atoms with van der Waals surface area (Å²) in [5.74, 6) is -1.27. The lowest BCUT2D eigenvalue weighted by atomic mass is 10.1. The second-order valence-corrected chi connectivity index (χ2v) is 7.36. The summed E-state index contributed by atoms with van der Waals surface area (Å²) in [6.45, 7) is 0. The van der Waals surface area contributed by atoms with E-state index in [0.29, 0.717) is 0 Å². The lowest BCUT2D eigenvalue weighted by Crippen LogP contribution is -2.42. The van der Waals surface area contributed by atoms with Gasteiger partial charge in [-0.15, -0.1) is 4.83 Å². The SMILES string of the molecule is O=C(Cc1c[nH]c2ccccc12)NNS(=O)(=O)c1ccc(F)c(Cl)c1. The first-order chi connectivity index (χ1) is 11.9. The number of aromatic nitrogens is 1. The summed E-state index contributed by atoms with van der Waals surface area (Å²) >= 11 is 5.57. The summed E-state index contributed by atoms with van der Waals surface area (Å²) in [6.07, 6.45) is 1.68. The van der Waals surface area contributed by atoms with Crippen molar-refractivity contribution in [3.63, 3.8) is 0 Å². The van der Waals surface area contributed by atoms with Gasteiger partial charge < -0.3 is 4.98 Å². The zero-order chi connectivity index (χ0) is 18.0. The van der Waals surface area contributed by atoms with Crippen LogP contribution in [0, 0.1) is 5.82 Å². The van der Waals surface area contributed by atoms with Crippen molar-refractivity contribution in [3.05, 3.63) is 65.1 Å². The average Bonchev–Trinajstić information content (AvgIpc) is 2.99. The number of nitrogens with one attached hydrogen (secondary N) is 3. The van der Waals surface area contributed by atoms with E-state index in [4.69, 9.17) is 11.6 Å². The van der Waals surface area contributed by atoms with E-state index in [1.54, 1.807) is 6.20 Å². The largest absolute Gasteiger partial charge is 0.361 e. The van der Waals surface area contributed by atoms with E-state index >= 15 is 0 Å². The van der Waals surface area contributed by atoms with Gasteiger partial charge in [0.1, 0.15) is 5.82 Å². The quantitative estimate of drug-likeness (QED) is 0.593. The molecule has 0 radical (unpaired) electrons. The summed E-state index contributed by atoms with van der Waals surface area (Å²) in [7, 11) is -4.06. The molecule has 0 spiro atoms. The van der Waals surface area contributed by atoms with E-state index in [2.05, 4.69) is 10.4 Å². The molecule has 0 bridgehead atoms. The zero-order valence-corrected chi connectivity index (χ0v) is 14.3. The molecule has 0 fully saturated rings. The van der Waals surface area contributed by atoms with Gasteiger partial charge in [-0.1, -0.05) is 29.8 Å². The molecule has 0 aliphatic carbocycles. The van der Waals surface area contributed by atoms with E-state index < -0.39 is 21.7 Å². The number of hydrogen-bond acceptors (Lipinski definition) is 3. The minimum absolute atomic E-state index is 0.0172. The van der Waals surface area contributed by atoms with Crippen molar-refractivity contribution in [1.82, 2.24) is 15.2 Å². The average molecular weight is 382 g/mol. The molecule has 3 rings (SSSR count). The van der Waals surface area contributed by atoms with Gasteiger partial charge >= 0.3 is 0 Å². The maximum atomic E-state index is 13.1. The van der Waals surface area contributed by atoms with Gasteiger partial charge in [-0.25, -0.2) is 12.8 Å². The minimum atomic E-state index is -4.06. The molecule has 1 heterocycles. The number of hydrazine groups is 1. The number of aromatic amines is 1. The Morgan fingerprint density at radius 2 is 1.96 bits per heavy atom. The van der Waals surface area contributed by atoms with Crippen molar-refractivity contribution < 1.29 is 17.6 Å². The van der Waals surface area contributed by atoms with Crippen molar-refractivity contribution in [2.45, 2.75) is 11.3 Å². The number of carbonyl (C=O) groups is 1. The van der Waals surface area contributed by atoms with E-state index in [1.165, 1.54) is 0 Å². The van der Waals surface area contributed by atoms with Crippen molar-refractivity contribution in [2.75, 3.05) is 0 Å². The van der Waals surface area contributed by atoms with Crippen LogP contribution in [0.15, 0.2) is 53.6 Å². The Bertz CT molecular complexity index is 1050. The van der Waals surface area contributed by atoms with Crippen LogP contribution in [0.4, 0.5) is 4.39 Å². The summed E-state index contributed by atoms with van der Waals surface area (Å²) < 4.78 is 37.3. The fourth-order valence-electron chi connectivity index (χ4n) is 2.32. The van der Waals surface area contributed by atoms with Crippen LogP contribution in [0.2, 0.25) is 5.02 Å². The van der Waals surface area contributed by atoms with Gasteiger partial charge in [0.25, 0.3) is 10.0 Å². The summed E-state index contributed by atoms with van der Waals surface area (Å²) in [5.41, 5.74) is 3.75. The van der Waals surface area contributed by atoms with Crippen molar-refractivity contribution >= 4 is 38.4 Å². The van der Waals surface area contributed by atoms with Crippen molar-refractivity contribution in [1.29, 1.82) is 0 Å². The predicted octanol–water partition coefficient (Wildman–Crippen LogP) is 2.51. The third-order valence-corrected chi connectivity index (χ3v) is 5.09. The molecule has 25 heavy (non-hydrogen) atoms. The highest BCUT2D eigenvalue weighted by Crippen LogP contribution is 2.19. The minimum Gasteiger partial charge on any atom is -0.361 e. The van der Waals surface area contributed by atoms with E-state index in [1.807, 2.05) is 29.1 Å². The van der Waals surface area contributed by atoms with Gasteiger partial charge in [-0.3, -0.25) is 10.2 Å². The fourth-order valence-corrected chi connectivity index (χ4v) is 3.45. The molecule has 0 saturated carbocycles. The molecule has 9 heteroatoms. The normalized spacial score (nSPS) is 11.6. The first kappa shape index (κ1) is 17.4. The summed E-state index contributed by atoms with van der Waals surface area (Å²) in [4.78, 5) is 16.8. The highest BCUT2D eigenvalue weighted by atomic mass is 35.5. The number of fused-ring (bicyclic) bond motifs is 1. The molecular weight excluding hydrogens is 369 g/mol. The molecule has 0 aliphatic heterocycles. The number of rotatable bonds is 5. The van der Waals surface area contributed by atoms with Gasteiger partial charge in [0.15, 0.2) is 0 Å². The van der Waals surface area contributed by atoms with Crippen LogP contribution in [0.25, 0.3) is 10.9 Å². The van der Waals surface area contributed by atoms with Gasteiger partial charge in [0.2, 0.25) is 5.91 Å². The second kappa shape index (κ2) is 6.83. The smallest absolute Gasteiger partial charge is 0.257 e.